The number of alkyl halides is 3. The Morgan fingerprint density at radius 1 is 1.15 bits per heavy atom. The Morgan fingerprint density at radius 3 is 2.33 bits per heavy atom. The van der Waals surface area contributed by atoms with E-state index < -0.39 is 35.1 Å². The summed E-state index contributed by atoms with van der Waals surface area (Å²) in [6, 6.07) is 1.64. The number of methoxy groups -OCH3 is 1. The molecule has 9 heteroatoms. The van der Waals surface area contributed by atoms with Crippen LogP contribution in [0.25, 0.3) is 0 Å². The Bertz CT molecular complexity index is 751. The van der Waals surface area contributed by atoms with Crippen LogP contribution in [0.2, 0.25) is 0 Å². The van der Waals surface area contributed by atoms with Crippen molar-refractivity contribution >= 4 is 17.3 Å². The van der Waals surface area contributed by atoms with E-state index in [1.807, 2.05) is 0 Å². The van der Waals surface area contributed by atoms with Gasteiger partial charge in [-0.3, -0.25) is 14.4 Å². The smallest absolute Gasteiger partial charge is 0.382 e. The predicted molar refractivity (Wildman–Crippen MR) is 84.8 cm³/mol. The van der Waals surface area contributed by atoms with Crippen molar-refractivity contribution in [2.24, 2.45) is 17.8 Å². The van der Waals surface area contributed by atoms with Crippen LogP contribution in [0.1, 0.15) is 34.6 Å². The molecule has 3 aliphatic rings. The van der Waals surface area contributed by atoms with Crippen molar-refractivity contribution in [3.05, 3.63) is 29.1 Å². The first-order valence-electron chi connectivity index (χ1n) is 8.49. The molecular weight excluding hydrogens is 367 g/mol. The fourth-order valence-electron chi connectivity index (χ4n) is 3.41. The summed E-state index contributed by atoms with van der Waals surface area (Å²) in [4.78, 5) is 41.0. The van der Waals surface area contributed by atoms with E-state index in [4.69, 9.17) is 9.47 Å². The average Bonchev–Trinajstić information content (AvgIpc) is 2.56. The number of rotatable bonds is 7. The Hall–Kier alpha value is -2.13. The molecule has 3 saturated carbocycles. The maximum Gasteiger partial charge on any atom is 0.433 e. The molecule has 0 spiro atoms. The third-order valence-corrected chi connectivity index (χ3v) is 4.97. The van der Waals surface area contributed by atoms with Crippen LogP contribution < -0.4 is 0 Å². The van der Waals surface area contributed by atoms with Crippen LogP contribution in [0.5, 0.6) is 0 Å². The summed E-state index contributed by atoms with van der Waals surface area (Å²) in [5, 5.41) is 0. The number of Topliss-reactive ketones (excluding diaryl/α,β-unsaturated/α-hetero) is 3. The van der Waals surface area contributed by atoms with Gasteiger partial charge in [0.25, 0.3) is 0 Å². The molecule has 0 unspecified atom stereocenters. The van der Waals surface area contributed by atoms with Gasteiger partial charge in [0.05, 0.1) is 25.5 Å². The quantitative estimate of drug-likeness (QED) is 0.407. The van der Waals surface area contributed by atoms with E-state index in [-0.39, 0.29) is 42.9 Å². The van der Waals surface area contributed by atoms with Crippen LogP contribution >= 0.6 is 0 Å². The largest absolute Gasteiger partial charge is 0.433 e. The van der Waals surface area contributed by atoms with E-state index in [9.17, 15) is 27.6 Å². The molecular formula is C18H18F3NO5. The number of aromatic nitrogens is 1. The Labute approximate surface area is 153 Å². The Kier molecular flexibility index (Phi) is 5.43. The second kappa shape index (κ2) is 7.47. The van der Waals surface area contributed by atoms with E-state index >= 15 is 0 Å². The molecule has 6 nitrogen and oxygen atoms in total. The van der Waals surface area contributed by atoms with Crippen LogP contribution in [0, 0.1) is 17.8 Å². The summed E-state index contributed by atoms with van der Waals surface area (Å²) in [5.74, 6) is -3.77. The molecule has 3 aliphatic carbocycles. The molecule has 1 aromatic rings. The maximum absolute atomic E-state index is 13.0. The van der Waals surface area contributed by atoms with Gasteiger partial charge >= 0.3 is 6.18 Å². The molecule has 1 aromatic heterocycles. The standard InChI is InChI=1S/C18H18F3NO5/c1-26-4-5-27-8-12-11(2-3-13(22-12)18(19,20)21)17(25)14-15(23)9-6-10(7-9)16(14)24/h2-3,9-10,14H,4-8H2,1H3. The topological polar surface area (TPSA) is 82.6 Å². The number of carbonyl (C=O) groups excluding carboxylic acids is 3. The molecule has 27 heavy (non-hydrogen) atoms. The lowest BCUT2D eigenvalue weighted by Gasteiger charge is -2.41. The third-order valence-electron chi connectivity index (χ3n) is 4.97. The zero-order valence-corrected chi connectivity index (χ0v) is 14.5. The number of nitrogens with zero attached hydrogens (tertiary/aromatic N) is 1. The van der Waals surface area contributed by atoms with Crippen LogP contribution in [-0.2, 0) is 31.8 Å². The molecule has 2 bridgehead atoms. The fourth-order valence-corrected chi connectivity index (χ4v) is 3.41. The lowest BCUT2D eigenvalue weighted by molar-refractivity contribution is -0.148. The monoisotopic (exact) mass is 385 g/mol. The first kappa shape index (κ1) is 19.6. The van der Waals surface area contributed by atoms with E-state index in [1.165, 1.54) is 7.11 Å². The van der Waals surface area contributed by atoms with Gasteiger partial charge in [-0.25, -0.2) is 4.98 Å². The second-order valence-corrected chi connectivity index (χ2v) is 6.70. The number of ketones is 3. The lowest BCUT2D eigenvalue weighted by atomic mass is 9.58. The fraction of sp³-hybridized carbons (Fsp3) is 0.556. The van der Waals surface area contributed by atoms with E-state index in [0.29, 0.717) is 18.9 Å². The van der Waals surface area contributed by atoms with Gasteiger partial charge < -0.3 is 9.47 Å². The normalized spacial score (nSPS) is 24.7. The Balaban J connectivity index is 1.89. The molecule has 0 aliphatic heterocycles. The number of pyridine rings is 1. The van der Waals surface area contributed by atoms with Crippen molar-refractivity contribution in [3.8, 4) is 0 Å². The minimum atomic E-state index is -4.69. The van der Waals surface area contributed by atoms with Crippen LogP contribution in [0.15, 0.2) is 12.1 Å². The van der Waals surface area contributed by atoms with Crippen molar-refractivity contribution in [1.29, 1.82) is 0 Å². The number of carbonyl (C=O) groups is 3. The Morgan fingerprint density at radius 2 is 1.78 bits per heavy atom. The first-order chi connectivity index (χ1) is 12.7. The van der Waals surface area contributed by atoms with Crippen LogP contribution in [0.3, 0.4) is 0 Å². The molecule has 0 radical (unpaired) electrons. The second-order valence-electron chi connectivity index (χ2n) is 6.70. The van der Waals surface area contributed by atoms with E-state index in [0.717, 1.165) is 6.07 Å². The van der Waals surface area contributed by atoms with E-state index in [1.54, 1.807) is 0 Å². The maximum atomic E-state index is 13.0. The number of ether oxygens (including phenoxy) is 2. The molecule has 0 N–H and O–H groups in total. The van der Waals surface area contributed by atoms with Gasteiger partial charge in [0.2, 0.25) is 0 Å². The molecule has 4 rings (SSSR count). The average molecular weight is 385 g/mol. The van der Waals surface area contributed by atoms with Gasteiger partial charge in [0, 0.05) is 24.5 Å². The highest BCUT2D eigenvalue weighted by atomic mass is 19.4. The lowest BCUT2D eigenvalue weighted by Crippen LogP contribution is -2.52. The molecule has 146 valence electrons. The van der Waals surface area contributed by atoms with Crippen molar-refractivity contribution in [3.63, 3.8) is 0 Å². The van der Waals surface area contributed by atoms with Gasteiger partial charge in [-0.2, -0.15) is 13.2 Å². The summed E-state index contributed by atoms with van der Waals surface area (Å²) in [6.45, 7) is -0.0605. The van der Waals surface area contributed by atoms with Gasteiger partial charge in [-0.1, -0.05) is 0 Å². The molecule has 1 heterocycles. The SMILES string of the molecule is COCCOCc1nc(C(F)(F)F)ccc1C(=O)C1C(=O)C2CC(C2)C1=O. The zero-order valence-electron chi connectivity index (χ0n) is 14.5. The highest BCUT2D eigenvalue weighted by Gasteiger charge is 2.54. The molecule has 0 aromatic carbocycles. The summed E-state index contributed by atoms with van der Waals surface area (Å²) < 4.78 is 48.9. The van der Waals surface area contributed by atoms with Gasteiger partial charge in [-0.05, 0) is 25.0 Å². The van der Waals surface area contributed by atoms with Crippen molar-refractivity contribution < 1.29 is 37.0 Å². The third kappa shape index (κ3) is 3.79. The first-order valence-corrected chi connectivity index (χ1v) is 8.49. The highest BCUT2D eigenvalue weighted by molar-refractivity contribution is 6.27. The minimum Gasteiger partial charge on any atom is -0.382 e. The van der Waals surface area contributed by atoms with Crippen molar-refractivity contribution in [1.82, 2.24) is 4.98 Å². The number of hydrogen-bond acceptors (Lipinski definition) is 6. The van der Waals surface area contributed by atoms with Gasteiger partial charge in [0.15, 0.2) is 17.3 Å². The summed E-state index contributed by atoms with van der Waals surface area (Å²) in [6.07, 6.45) is -3.78. The molecule has 0 saturated heterocycles. The number of halogens is 3. The van der Waals surface area contributed by atoms with Gasteiger partial charge in [-0.15, -0.1) is 0 Å². The summed E-state index contributed by atoms with van der Waals surface area (Å²) in [5.41, 5.74) is -1.60. The van der Waals surface area contributed by atoms with E-state index in [2.05, 4.69) is 4.98 Å². The highest BCUT2D eigenvalue weighted by Crippen LogP contribution is 2.44. The van der Waals surface area contributed by atoms with Crippen molar-refractivity contribution in [2.45, 2.75) is 25.6 Å². The van der Waals surface area contributed by atoms with Crippen molar-refractivity contribution in [2.75, 3.05) is 20.3 Å². The summed E-state index contributed by atoms with van der Waals surface area (Å²) in [7, 11) is 1.44. The number of hydrogen-bond donors (Lipinski definition) is 0. The molecule has 0 amide bonds. The predicted octanol–water partition coefficient (Wildman–Crippen LogP) is 2.24. The summed E-state index contributed by atoms with van der Waals surface area (Å²) >= 11 is 0. The van der Waals surface area contributed by atoms with Gasteiger partial charge in [0.1, 0.15) is 11.6 Å². The van der Waals surface area contributed by atoms with Crippen LogP contribution in [-0.4, -0.2) is 42.7 Å². The molecule has 3 fully saturated rings. The minimum absolute atomic E-state index is 0.0908. The zero-order chi connectivity index (χ0) is 19.8. The number of fused-ring (bicyclic) bond motifs is 2. The molecule has 0 atom stereocenters. The van der Waals surface area contributed by atoms with Crippen LogP contribution in [0.4, 0.5) is 13.2 Å².